The predicted octanol–water partition coefficient (Wildman–Crippen LogP) is -0.00300. The third-order valence-corrected chi connectivity index (χ3v) is 2.92. The first-order valence-electron chi connectivity index (χ1n) is 6.30. The molecule has 0 bridgehead atoms. The number of nitrogens with zero attached hydrogens (tertiary/aromatic N) is 1. The maximum absolute atomic E-state index is 10.1. The molecular formula is C12H21NO6. The van der Waals surface area contributed by atoms with Gasteiger partial charge in [-0.3, -0.25) is 0 Å². The van der Waals surface area contributed by atoms with Crippen LogP contribution >= 0.6 is 0 Å². The van der Waals surface area contributed by atoms with Gasteiger partial charge in [0.15, 0.2) is 12.1 Å². The Morgan fingerprint density at radius 1 is 1.37 bits per heavy atom. The number of oxime groups is 1. The molecule has 0 amide bonds. The number of ether oxygens (including phenoxy) is 3. The van der Waals surface area contributed by atoms with Crippen molar-refractivity contribution in [1.82, 2.24) is 0 Å². The maximum Gasteiger partial charge on any atom is 0.190 e. The molecule has 0 aromatic rings. The Balaban J connectivity index is 1.89. The molecule has 0 spiro atoms. The Bertz CT molecular complexity index is 354. The molecule has 0 aliphatic carbocycles. The standard InChI is InChI=1S/C12H21NO6/c1-6(2)13-16-5-7(14)9-8(15)10-11(17-9)19-12(3,4)18-10/h7-11,14-15H,5H2,1-4H3/t7-,8+,9-,10-,11-/m1/s1. The Kier molecular flexibility index (Phi) is 4.12. The summed E-state index contributed by atoms with van der Waals surface area (Å²) in [5.41, 5.74) is 0.741. The smallest absolute Gasteiger partial charge is 0.190 e. The second-order valence-corrected chi connectivity index (χ2v) is 5.46. The van der Waals surface area contributed by atoms with Gasteiger partial charge < -0.3 is 29.3 Å². The molecule has 2 aliphatic rings. The van der Waals surface area contributed by atoms with Crippen molar-refractivity contribution in [1.29, 1.82) is 0 Å². The first kappa shape index (κ1) is 14.7. The molecule has 2 aliphatic heterocycles. The SMILES string of the molecule is CC(C)=NOC[C@@H](O)[C@H]1O[C@@H]2OC(C)(C)O[C@@H]2[C@H]1O. The molecule has 5 atom stereocenters. The molecule has 2 fully saturated rings. The third-order valence-electron chi connectivity index (χ3n) is 2.92. The van der Waals surface area contributed by atoms with Crippen LogP contribution in [0.5, 0.6) is 0 Å². The first-order chi connectivity index (χ1) is 8.80. The Labute approximate surface area is 112 Å². The topological polar surface area (TPSA) is 89.7 Å². The lowest BCUT2D eigenvalue weighted by molar-refractivity contribution is -0.228. The third kappa shape index (κ3) is 3.24. The molecule has 0 saturated carbocycles. The molecule has 2 N–H and O–H groups in total. The summed E-state index contributed by atoms with van der Waals surface area (Å²) in [6.45, 7) is 6.99. The van der Waals surface area contributed by atoms with Gasteiger partial charge in [0.25, 0.3) is 0 Å². The average Bonchev–Trinajstić information content (AvgIpc) is 2.73. The number of hydrogen-bond donors (Lipinski definition) is 2. The van der Waals surface area contributed by atoms with E-state index in [1.807, 2.05) is 0 Å². The van der Waals surface area contributed by atoms with Gasteiger partial charge in [-0.1, -0.05) is 5.16 Å². The van der Waals surface area contributed by atoms with Crippen LogP contribution in [0.25, 0.3) is 0 Å². The van der Waals surface area contributed by atoms with E-state index in [1.54, 1.807) is 27.7 Å². The van der Waals surface area contributed by atoms with Gasteiger partial charge in [-0.05, 0) is 27.7 Å². The molecule has 7 heteroatoms. The fourth-order valence-electron chi connectivity index (χ4n) is 2.17. The van der Waals surface area contributed by atoms with Gasteiger partial charge in [0, 0.05) is 0 Å². The van der Waals surface area contributed by atoms with E-state index in [0.717, 1.165) is 5.71 Å². The molecule has 19 heavy (non-hydrogen) atoms. The van der Waals surface area contributed by atoms with Gasteiger partial charge in [-0.2, -0.15) is 0 Å². The lowest BCUT2D eigenvalue weighted by Crippen LogP contribution is -2.42. The van der Waals surface area contributed by atoms with Gasteiger partial charge in [0.1, 0.15) is 31.0 Å². The summed E-state index contributed by atoms with van der Waals surface area (Å²) in [4.78, 5) is 4.95. The highest BCUT2D eigenvalue weighted by Gasteiger charge is 2.55. The van der Waals surface area contributed by atoms with E-state index in [1.165, 1.54) is 0 Å². The van der Waals surface area contributed by atoms with Crippen molar-refractivity contribution < 1.29 is 29.3 Å². The first-order valence-corrected chi connectivity index (χ1v) is 6.30. The zero-order valence-corrected chi connectivity index (χ0v) is 11.6. The van der Waals surface area contributed by atoms with Crippen LogP contribution in [-0.2, 0) is 19.0 Å². The van der Waals surface area contributed by atoms with Crippen LogP contribution in [0.2, 0.25) is 0 Å². The average molecular weight is 275 g/mol. The largest absolute Gasteiger partial charge is 0.393 e. The van der Waals surface area contributed by atoms with E-state index in [2.05, 4.69) is 5.16 Å². The van der Waals surface area contributed by atoms with Gasteiger partial charge in [-0.15, -0.1) is 0 Å². The molecule has 0 radical (unpaired) electrons. The van der Waals surface area contributed by atoms with Crippen LogP contribution in [0.4, 0.5) is 0 Å². The Morgan fingerprint density at radius 2 is 2.05 bits per heavy atom. The van der Waals surface area contributed by atoms with Crippen LogP contribution in [0, 0.1) is 0 Å². The molecule has 0 aromatic heterocycles. The van der Waals surface area contributed by atoms with Gasteiger partial charge in [0.2, 0.25) is 0 Å². The van der Waals surface area contributed by atoms with E-state index in [4.69, 9.17) is 19.0 Å². The van der Waals surface area contributed by atoms with E-state index in [0.29, 0.717) is 0 Å². The Morgan fingerprint density at radius 3 is 2.63 bits per heavy atom. The lowest BCUT2D eigenvalue weighted by Gasteiger charge is -2.25. The fraction of sp³-hybridized carbons (Fsp3) is 0.917. The van der Waals surface area contributed by atoms with E-state index < -0.39 is 36.5 Å². The molecule has 2 saturated heterocycles. The van der Waals surface area contributed by atoms with Crippen molar-refractivity contribution in [3.8, 4) is 0 Å². The van der Waals surface area contributed by atoms with Gasteiger partial charge in [0.05, 0.1) is 5.71 Å². The van der Waals surface area contributed by atoms with Crippen LogP contribution in [0.1, 0.15) is 27.7 Å². The summed E-state index contributed by atoms with van der Waals surface area (Å²) < 4.78 is 16.5. The number of hydrogen-bond acceptors (Lipinski definition) is 7. The normalized spacial score (nSPS) is 37.8. The van der Waals surface area contributed by atoms with Crippen LogP contribution in [0.3, 0.4) is 0 Å². The molecule has 0 unspecified atom stereocenters. The highest BCUT2D eigenvalue weighted by atomic mass is 16.8. The zero-order valence-electron chi connectivity index (χ0n) is 11.6. The highest BCUT2D eigenvalue weighted by molar-refractivity contribution is 5.78. The monoisotopic (exact) mass is 275 g/mol. The second kappa shape index (κ2) is 5.34. The molecule has 2 heterocycles. The molecule has 0 aromatic carbocycles. The minimum atomic E-state index is -1.00. The van der Waals surface area contributed by atoms with Crippen LogP contribution in [-0.4, -0.2) is 59.0 Å². The van der Waals surface area contributed by atoms with Crippen molar-refractivity contribution in [3.05, 3.63) is 0 Å². The fourth-order valence-corrected chi connectivity index (χ4v) is 2.17. The van der Waals surface area contributed by atoms with Crippen molar-refractivity contribution in [2.75, 3.05) is 6.61 Å². The zero-order chi connectivity index (χ0) is 14.2. The predicted molar refractivity (Wildman–Crippen MR) is 65.4 cm³/mol. The number of fused-ring (bicyclic) bond motifs is 1. The van der Waals surface area contributed by atoms with E-state index in [-0.39, 0.29) is 6.61 Å². The summed E-state index contributed by atoms with van der Waals surface area (Å²) in [6, 6.07) is 0. The molecule has 7 nitrogen and oxygen atoms in total. The minimum absolute atomic E-state index is 0.0598. The lowest BCUT2D eigenvalue weighted by atomic mass is 10.1. The van der Waals surface area contributed by atoms with E-state index >= 15 is 0 Å². The number of rotatable bonds is 4. The summed E-state index contributed by atoms with van der Waals surface area (Å²) in [6.07, 6.45) is -4.03. The number of aliphatic hydroxyl groups is 2. The molecule has 2 rings (SSSR count). The summed E-state index contributed by atoms with van der Waals surface area (Å²) in [5.74, 6) is -0.785. The van der Waals surface area contributed by atoms with Crippen molar-refractivity contribution in [2.45, 2.75) is 64.2 Å². The summed E-state index contributed by atoms with van der Waals surface area (Å²) >= 11 is 0. The summed E-state index contributed by atoms with van der Waals surface area (Å²) in [5, 5.41) is 23.7. The molecular weight excluding hydrogens is 254 g/mol. The van der Waals surface area contributed by atoms with Gasteiger partial charge in [-0.25, -0.2) is 0 Å². The number of aliphatic hydroxyl groups excluding tert-OH is 2. The van der Waals surface area contributed by atoms with E-state index in [9.17, 15) is 10.2 Å². The second-order valence-electron chi connectivity index (χ2n) is 5.46. The van der Waals surface area contributed by atoms with Crippen molar-refractivity contribution >= 4 is 5.71 Å². The van der Waals surface area contributed by atoms with Gasteiger partial charge >= 0.3 is 0 Å². The quantitative estimate of drug-likeness (QED) is 0.554. The maximum atomic E-state index is 10.1. The van der Waals surface area contributed by atoms with Crippen molar-refractivity contribution in [2.24, 2.45) is 5.16 Å². The van der Waals surface area contributed by atoms with Crippen LogP contribution < -0.4 is 0 Å². The van der Waals surface area contributed by atoms with Crippen LogP contribution in [0.15, 0.2) is 5.16 Å². The Hall–Kier alpha value is -0.730. The highest BCUT2D eigenvalue weighted by Crippen LogP contribution is 2.38. The van der Waals surface area contributed by atoms with Crippen molar-refractivity contribution in [3.63, 3.8) is 0 Å². The summed E-state index contributed by atoms with van der Waals surface area (Å²) in [7, 11) is 0. The minimum Gasteiger partial charge on any atom is -0.393 e. The molecule has 110 valence electrons.